The lowest BCUT2D eigenvalue weighted by atomic mass is 10.1. The van der Waals surface area contributed by atoms with Gasteiger partial charge in [0.1, 0.15) is 5.17 Å². The molecule has 11 heavy (non-hydrogen) atoms. The van der Waals surface area contributed by atoms with E-state index in [1.807, 2.05) is 24.3 Å². The van der Waals surface area contributed by atoms with Gasteiger partial charge in [-0.1, -0.05) is 29.8 Å². The van der Waals surface area contributed by atoms with E-state index in [0.29, 0.717) is 5.17 Å². The van der Waals surface area contributed by atoms with Crippen molar-refractivity contribution in [3.05, 3.63) is 29.8 Å². The normalized spacial score (nSPS) is 14.8. The second kappa shape index (κ2) is 2.55. The number of nitrogens with zero attached hydrogens (tertiary/aromatic N) is 1. The van der Waals surface area contributed by atoms with Gasteiger partial charge >= 0.3 is 0 Å². The summed E-state index contributed by atoms with van der Waals surface area (Å²) in [7, 11) is 0. The van der Waals surface area contributed by atoms with E-state index in [4.69, 9.17) is 11.6 Å². The lowest BCUT2D eigenvalue weighted by Crippen LogP contribution is -2.07. The number of anilines is 1. The van der Waals surface area contributed by atoms with Gasteiger partial charge in [0.25, 0.3) is 0 Å². The van der Waals surface area contributed by atoms with Gasteiger partial charge in [0.2, 0.25) is 0 Å². The van der Waals surface area contributed by atoms with Crippen molar-refractivity contribution < 1.29 is 0 Å². The zero-order valence-electron chi connectivity index (χ0n) is 5.84. The van der Waals surface area contributed by atoms with E-state index in [9.17, 15) is 0 Å². The Morgan fingerprint density at radius 2 is 2.18 bits per heavy atom. The van der Waals surface area contributed by atoms with Crippen LogP contribution in [0.3, 0.4) is 0 Å². The smallest absolute Gasteiger partial charge is 0.130 e. The molecule has 0 aromatic heterocycles. The van der Waals surface area contributed by atoms with Crippen LogP contribution in [0.15, 0.2) is 29.4 Å². The summed E-state index contributed by atoms with van der Waals surface area (Å²) in [5, 5.41) is 4.52. The zero-order valence-corrected chi connectivity index (χ0v) is 6.60. The molecule has 1 aromatic rings. The largest absolute Gasteiger partial charge is 0.277 e. The van der Waals surface area contributed by atoms with Crippen molar-refractivity contribution in [3.8, 4) is 0 Å². The molecule has 1 heterocycles. The molecule has 1 N–H and O–H groups in total. The molecule has 0 radical (unpaired) electrons. The summed E-state index contributed by atoms with van der Waals surface area (Å²) in [5.74, 6) is 0. The van der Waals surface area contributed by atoms with Crippen LogP contribution in [0.4, 0.5) is 5.69 Å². The lowest BCUT2D eigenvalue weighted by molar-refractivity contribution is 1.20. The summed E-state index contributed by atoms with van der Waals surface area (Å²) in [5.41, 5.74) is 5.12. The summed E-state index contributed by atoms with van der Waals surface area (Å²) in [6, 6.07) is 8.00. The van der Waals surface area contributed by atoms with E-state index in [1.54, 1.807) is 0 Å². The number of hydrogen-bond acceptors (Lipinski definition) is 2. The molecule has 0 unspecified atom stereocenters. The molecule has 0 fully saturated rings. The van der Waals surface area contributed by atoms with Crippen molar-refractivity contribution in [2.75, 3.05) is 5.43 Å². The molecule has 3 heteroatoms. The SMILES string of the molecule is ClC1=NNc2ccccc2C1. The van der Waals surface area contributed by atoms with E-state index in [0.717, 1.165) is 12.1 Å². The number of benzene rings is 1. The van der Waals surface area contributed by atoms with E-state index >= 15 is 0 Å². The van der Waals surface area contributed by atoms with Crippen LogP contribution < -0.4 is 5.43 Å². The number of halogens is 1. The summed E-state index contributed by atoms with van der Waals surface area (Å²) in [6.45, 7) is 0. The molecule has 1 aromatic carbocycles. The molecule has 0 aliphatic carbocycles. The molecular weight excluding hydrogens is 160 g/mol. The number of para-hydroxylation sites is 1. The van der Waals surface area contributed by atoms with Gasteiger partial charge in [-0.05, 0) is 11.6 Å². The molecule has 0 spiro atoms. The number of nitrogens with one attached hydrogen (secondary N) is 1. The zero-order chi connectivity index (χ0) is 7.68. The maximum Gasteiger partial charge on any atom is 0.130 e. The summed E-state index contributed by atoms with van der Waals surface area (Å²) >= 11 is 5.73. The predicted molar refractivity (Wildman–Crippen MR) is 47.1 cm³/mol. The van der Waals surface area contributed by atoms with Gasteiger partial charge in [-0.25, -0.2) is 0 Å². The molecule has 2 rings (SSSR count). The Morgan fingerprint density at radius 1 is 1.36 bits per heavy atom. The third kappa shape index (κ3) is 1.21. The number of rotatable bonds is 0. The molecule has 1 aliphatic rings. The van der Waals surface area contributed by atoms with Crippen LogP contribution in [0.5, 0.6) is 0 Å². The van der Waals surface area contributed by atoms with Crippen molar-refractivity contribution in [1.29, 1.82) is 0 Å². The molecule has 0 bridgehead atoms. The highest BCUT2D eigenvalue weighted by molar-refractivity contribution is 6.65. The highest BCUT2D eigenvalue weighted by atomic mass is 35.5. The van der Waals surface area contributed by atoms with Gasteiger partial charge in [0, 0.05) is 6.42 Å². The molecule has 0 saturated carbocycles. The van der Waals surface area contributed by atoms with Crippen molar-refractivity contribution in [3.63, 3.8) is 0 Å². The third-order valence-electron chi connectivity index (χ3n) is 1.65. The van der Waals surface area contributed by atoms with E-state index in [-0.39, 0.29) is 0 Å². The van der Waals surface area contributed by atoms with Crippen molar-refractivity contribution in [2.45, 2.75) is 6.42 Å². The fourth-order valence-corrected chi connectivity index (χ4v) is 1.29. The average Bonchev–Trinajstić information content (AvgIpc) is 2.04. The van der Waals surface area contributed by atoms with E-state index in [2.05, 4.69) is 10.5 Å². The Kier molecular flexibility index (Phi) is 1.55. The fourth-order valence-electron chi connectivity index (χ4n) is 1.10. The minimum Gasteiger partial charge on any atom is -0.277 e. The summed E-state index contributed by atoms with van der Waals surface area (Å²) in [6.07, 6.45) is 0.741. The van der Waals surface area contributed by atoms with Crippen LogP contribution >= 0.6 is 11.6 Å². The van der Waals surface area contributed by atoms with Crippen LogP contribution in [-0.4, -0.2) is 5.17 Å². The Hall–Kier alpha value is -1.02. The van der Waals surface area contributed by atoms with Crippen molar-refractivity contribution in [2.24, 2.45) is 5.10 Å². The molecule has 0 atom stereocenters. The van der Waals surface area contributed by atoms with Gasteiger partial charge in [0.05, 0.1) is 5.69 Å². The van der Waals surface area contributed by atoms with Crippen LogP contribution in [0.25, 0.3) is 0 Å². The molecule has 1 aliphatic heterocycles. The van der Waals surface area contributed by atoms with Gasteiger partial charge < -0.3 is 0 Å². The Labute approximate surface area is 69.9 Å². The number of hydrogen-bond donors (Lipinski definition) is 1. The van der Waals surface area contributed by atoms with Gasteiger partial charge in [-0.15, -0.1) is 0 Å². The lowest BCUT2D eigenvalue weighted by Gasteiger charge is -2.12. The summed E-state index contributed by atoms with van der Waals surface area (Å²) < 4.78 is 0. The average molecular weight is 167 g/mol. The van der Waals surface area contributed by atoms with Crippen LogP contribution in [0, 0.1) is 0 Å². The number of hydrazone groups is 1. The van der Waals surface area contributed by atoms with Gasteiger partial charge in [-0.3, -0.25) is 5.43 Å². The fraction of sp³-hybridized carbons (Fsp3) is 0.125. The van der Waals surface area contributed by atoms with Crippen molar-refractivity contribution in [1.82, 2.24) is 0 Å². The Morgan fingerprint density at radius 3 is 3.09 bits per heavy atom. The minimum absolute atomic E-state index is 0.615. The Bertz CT molecular complexity index is 307. The van der Waals surface area contributed by atoms with Crippen LogP contribution in [-0.2, 0) is 6.42 Å². The van der Waals surface area contributed by atoms with E-state index in [1.165, 1.54) is 5.56 Å². The maximum atomic E-state index is 5.73. The molecule has 0 saturated heterocycles. The minimum atomic E-state index is 0.615. The monoisotopic (exact) mass is 166 g/mol. The first-order chi connectivity index (χ1) is 5.36. The highest BCUT2D eigenvalue weighted by Gasteiger charge is 2.08. The molecule has 2 nitrogen and oxygen atoms in total. The topological polar surface area (TPSA) is 24.4 Å². The highest BCUT2D eigenvalue weighted by Crippen LogP contribution is 2.20. The maximum absolute atomic E-state index is 5.73. The van der Waals surface area contributed by atoms with E-state index < -0.39 is 0 Å². The quantitative estimate of drug-likeness (QED) is 0.628. The first kappa shape index (κ1) is 6.68. The van der Waals surface area contributed by atoms with Crippen LogP contribution in [0.1, 0.15) is 5.56 Å². The summed E-state index contributed by atoms with van der Waals surface area (Å²) in [4.78, 5) is 0. The van der Waals surface area contributed by atoms with Crippen LogP contribution in [0.2, 0.25) is 0 Å². The standard InChI is InChI=1S/C8H7ClN2/c9-8-5-6-3-1-2-4-7(6)10-11-8/h1-4,10H,5H2. The van der Waals surface area contributed by atoms with Crippen molar-refractivity contribution >= 4 is 22.5 Å². The second-order valence-electron chi connectivity index (χ2n) is 2.43. The Balaban J connectivity index is 2.42. The van der Waals surface area contributed by atoms with Gasteiger partial charge in [-0.2, -0.15) is 5.10 Å². The van der Waals surface area contributed by atoms with Gasteiger partial charge in [0.15, 0.2) is 0 Å². The molecule has 0 amide bonds. The first-order valence-electron chi connectivity index (χ1n) is 3.42. The predicted octanol–water partition coefficient (Wildman–Crippen LogP) is 2.21. The molecular formula is C8H7ClN2. The number of fused-ring (bicyclic) bond motifs is 1. The molecule has 56 valence electrons. The second-order valence-corrected chi connectivity index (χ2v) is 2.87. The third-order valence-corrected chi connectivity index (χ3v) is 1.87. The first-order valence-corrected chi connectivity index (χ1v) is 3.80.